The standard InChI is InChI=1S/C6H11.Pt/c1-2-4-6-5-3-1;/h1H,2-6H2;/q-1;+2. The van der Waals surface area contributed by atoms with Gasteiger partial charge in [-0.1, -0.05) is 19.3 Å². The Morgan fingerprint density at radius 1 is 0.857 bits per heavy atom. The van der Waals surface area contributed by atoms with E-state index in [9.17, 15) is 0 Å². The van der Waals surface area contributed by atoms with Crippen molar-refractivity contribution in [3.8, 4) is 0 Å². The summed E-state index contributed by atoms with van der Waals surface area (Å²) in [5.41, 5.74) is 0. The Morgan fingerprint density at radius 2 is 1.43 bits per heavy atom. The quantitative estimate of drug-likeness (QED) is 0.596. The fourth-order valence-electron chi connectivity index (χ4n) is 0.898. The second kappa shape index (κ2) is 4.84. The Bertz CT molecular complexity index is 19.7. The van der Waals surface area contributed by atoms with Gasteiger partial charge in [0.1, 0.15) is 0 Å². The van der Waals surface area contributed by atoms with Gasteiger partial charge in [-0.05, 0) is 0 Å². The molecule has 0 unspecified atom stereocenters. The van der Waals surface area contributed by atoms with Crippen LogP contribution in [0, 0.1) is 6.42 Å². The first kappa shape index (κ1) is 7.69. The van der Waals surface area contributed by atoms with Crippen molar-refractivity contribution in [3.63, 3.8) is 0 Å². The van der Waals surface area contributed by atoms with Gasteiger partial charge in [0.25, 0.3) is 0 Å². The zero-order chi connectivity index (χ0) is 4.24. The van der Waals surface area contributed by atoms with Crippen molar-refractivity contribution in [2.75, 3.05) is 0 Å². The molecule has 0 radical (unpaired) electrons. The van der Waals surface area contributed by atoms with Crippen LogP contribution in [0.15, 0.2) is 0 Å². The van der Waals surface area contributed by atoms with Crippen LogP contribution >= 0.6 is 0 Å². The van der Waals surface area contributed by atoms with E-state index < -0.39 is 0 Å². The first-order chi connectivity index (χ1) is 3.00. The second-order valence-electron chi connectivity index (χ2n) is 1.93. The van der Waals surface area contributed by atoms with Gasteiger partial charge in [0.05, 0.1) is 0 Å². The minimum absolute atomic E-state index is 0. The first-order valence-electron chi connectivity index (χ1n) is 2.82. The molecule has 0 bridgehead atoms. The van der Waals surface area contributed by atoms with E-state index in [0.29, 0.717) is 0 Å². The maximum atomic E-state index is 2.39. The van der Waals surface area contributed by atoms with Gasteiger partial charge in [-0.3, -0.25) is 0 Å². The predicted octanol–water partition coefficient (Wildman–Crippen LogP) is 2.15. The molecule has 1 aliphatic rings. The largest absolute Gasteiger partial charge is 2.00 e. The van der Waals surface area contributed by atoms with Crippen molar-refractivity contribution in [2.24, 2.45) is 0 Å². The fraction of sp³-hybridized carbons (Fsp3) is 0.833. The Morgan fingerprint density at radius 3 is 1.57 bits per heavy atom. The smallest absolute Gasteiger partial charge is 0.328 e. The van der Waals surface area contributed by atoms with Crippen molar-refractivity contribution in [1.82, 2.24) is 0 Å². The van der Waals surface area contributed by atoms with Gasteiger partial charge >= 0.3 is 21.1 Å². The van der Waals surface area contributed by atoms with E-state index in [1.807, 2.05) is 0 Å². The van der Waals surface area contributed by atoms with Crippen LogP contribution in [0.25, 0.3) is 0 Å². The maximum Gasteiger partial charge on any atom is 2.00 e. The van der Waals surface area contributed by atoms with Crippen LogP contribution in [0.5, 0.6) is 0 Å². The van der Waals surface area contributed by atoms with Crippen LogP contribution in [-0.2, 0) is 21.1 Å². The molecule has 1 rings (SSSR count). The zero-order valence-electron chi connectivity index (χ0n) is 4.43. The molecular weight excluding hydrogens is 267 g/mol. The molecule has 0 spiro atoms. The van der Waals surface area contributed by atoms with E-state index in [4.69, 9.17) is 0 Å². The maximum absolute atomic E-state index is 2.39. The van der Waals surface area contributed by atoms with Gasteiger partial charge in [0, 0.05) is 0 Å². The summed E-state index contributed by atoms with van der Waals surface area (Å²) in [7, 11) is 0. The second-order valence-corrected chi connectivity index (χ2v) is 1.93. The average molecular weight is 278 g/mol. The van der Waals surface area contributed by atoms with E-state index in [1.165, 1.54) is 32.1 Å². The Hall–Kier alpha value is 0.688. The van der Waals surface area contributed by atoms with Crippen molar-refractivity contribution >= 4 is 0 Å². The monoisotopic (exact) mass is 278 g/mol. The Labute approximate surface area is 59.9 Å². The molecule has 0 aliphatic heterocycles. The summed E-state index contributed by atoms with van der Waals surface area (Å²) in [4.78, 5) is 0. The van der Waals surface area contributed by atoms with Crippen molar-refractivity contribution < 1.29 is 21.1 Å². The van der Waals surface area contributed by atoms with E-state index >= 15 is 0 Å². The molecule has 0 aromatic carbocycles. The minimum atomic E-state index is 0. The number of hydrogen-bond donors (Lipinski definition) is 0. The summed E-state index contributed by atoms with van der Waals surface area (Å²) in [5, 5.41) is 0. The van der Waals surface area contributed by atoms with Gasteiger partial charge < -0.3 is 6.42 Å². The third-order valence-electron chi connectivity index (χ3n) is 1.32. The zero-order valence-corrected chi connectivity index (χ0v) is 6.70. The molecule has 44 valence electrons. The average Bonchev–Trinajstić information content (AvgIpc) is 1.72. The summed E-state index contributed by atoms with van der Waals surface area (Å²) in [6.07, 6.45) is 9.50. The van der Waals surface area contributed by atoms with Gasteiger partial charge in [0.2, 0.25) is 0 Å². The summed E-state index contributed by atoms with van der Waals surface area (Å²) < 4.78 is 0. The molecule has 0 atom stereocenters. The van der Waals surface area contributed by atoms with E-state index in [0.717, 1.165) is 0 Å². The van der Waals surface area contributed by atoms with Crippen LogP contribution in [0.1, 0.15) is 32.1 Å². The predicted molar refractivity (Wildman–Crippen MR) is 27.4 cm³/mol. The normalized spacial score (nSPS) is 20.6. The molecule has 0 aromatic heterocycles. The van der Waals surface area contributed by atoms with E-state index in [2.05, 4.69) is 6.42 Å². The van der Waals surface area contributed by atoms with Crippen LogP contribution < -0.4 is 0 Å². The molecule has 1 saturated carbocycles. The van der Waals surface area contributed by atoms with Crippen LogP contribution in [0.4, 0.5) is 0 Å². The van der Waals surface area contributed by atoms with E-state index in [1.54, 1.807) is 0 Å². The topological polar surface area (TPSA) is 0 Å². The molecule has 0 saturated heterocycles. The molecule has 0 nitrogen and oxygen atoms in total. The molecule has 1 fully saturated rings. The SMILES string of the molecule is [CH-]1CCCCC1.[Pt+2]. The summed E-state index contributed by atoms with van der Waals surface area (Å²) >= 11 is 0. The third-order valence-corrected chi connectivity index (χ3v) is 1.32. The fourth-order valence-corrected chi connectivity index (χ4v) is 0.898. The molecular formula is C6H11Pt+. The molecule has 1 heteroatoms. The molecule has 0 heterocycles. The van der Waals surface area contributed by atoms with Crippen molar-refractivity contribution in [2.45, 2.75) is 32.1 Å². The number of rotatable bonds is 0. The van der Waals surface area contributed by atoms with Gasteiger partial charge in [0.15, 0.2) is 0 Å². The van der Waals surface area contributed by atoms with Crippen molar-refractivity contribution in [3.05, 3.63) is 6.42 Å². The van der Waals surface area contributed by atoms with Crippen molar-refractivity contribution in [1.29, 1.82) is 0 Å². The summed E-state index contributed by atoms with van der Waals surface area (Å²) in [5.74, 6) is 0. The van der Waals surface area contributed by atoms with Crippen LogP contribution in [0.3, 0.4) is 0 Å². The molecule has 0 amide bonds. The summed E-state index contributed by atoms with van der Waals surface area (Å²) in [6.45, 7) is 0. The van der Waals surface area contributed by atoms with E-state index in [-0.39, 0.29) is 21.1 Å². The molecule has 1 aliphatic carbocycles. The molecule has 7 heavy (non-hydrogen) atoms. The number of hydrogen-bond acceptors (Lipinski definition) is 0. The first-order valence-corrected chi connectivity index (χ1v) is 2.82. The Balaban J connectivity index is 0.000000360. The minimum Gasteiger partial charge on any atom is -0.328 e. The van der Waals surface area contributed by atoms with Gasteiger partial charge in [-0.25, -0.2) is 0 Å². The van der Waals surface area contributed by atoms with Gasteiger partial charge in [-0.2, -0.15) is 12.8 Å². The molecule has 0 N–H and O–H groups in total. The third kappa shape index (κ3) is 3.29. The molecule has 0 aromatic rings. The van der Waals surface area contributed by atoms with Gasteiger partial charge in [-0.15, -0.1) is 0 Å². The van der Waals surface area contributed by atoms with Crippen LogP contribution in [0.2, 0.25) is 0 Å². The Kier molecular flexibility index (Phi) is 5.31. The van der Waals surface area contributed by atoms with Crippen LogP contribution in [-0.4, -0.2) is 0 Å². The summed E-state index contributed by atoms with van der Waals surface area (Å²) in [6, 6.07) is 0.